The van der Waals surface area contributed by atoms with Crippen molar-refractivity contribution in [3.05, 3.63) is 0 Å². The second-order valence-corrected chi connectivity index (χ2v) is 27.6. The van der Waals surface area contributed by atoms with Crippen LogP contribution in [0.15, 0.2) is 0 Å². The van der Waals surface area contributed by atoms with Crippen molar-refractivity contribution in [2.75, 3.05) is 39.6 Å². The van der Waals surface area contributed by atoms with Crippen LogP contribution in [0, 0.1) is 5.92 Å². The SMILES string of the molecule is CCCCCCCCCCCCCCCC(=O)OC[C@H](COP(=O)(O)OC[C@@H](O)COP(=O)(O)OC[C@@H](COC(=O)CCCCCCC)OC(=O)CCCCCCCCCCCCC)OC(=O)CCCCCCCCCCCCCCCCC(C)C. The molecule has 3 N–H and O–H groups in total. The second-order valence-electron chi connectivity index (χ2n) is 24.7. The Labute approximate surface area is 524 Å². The molecule has 0 amide bonds. The summed E-state index contributed by atoms with van der Waals surface area (Å²) < 4.78 is 67.9. The molecular formula is C67H130O17P2. The molecule has 0 fully saturated rings. The third-order valence-corrected chi connectivity index (χ3v) is 17.4. The molecule has 2 unspecified atom stereocenters. The Hall–Kier alpha value is -1.94. The first-order valence-corrected chi connectivity index (χ1v) is 38.1. The highest BCUT2D eigenvalue weighted by atomic mass is 31.2. The van der Waals surface area contributed by atoms with Gasteiger partial charge in [-0.2, -0.15) is 0 Å². The zero-order chi connectivity index (χ0) is 63.5. The molecule has 5 atom stereocenters. The molecule has 0 spiro atoms. The molecule has 0 aromatic rings. The number of esters is 4. The highest BCUT2D eigenvalue weighted by Gasteiger charge is 2.30. The minimum absolute atomic E-state index is 0.106. The summed E-state index contributed by atoms with van der Waals surface area (Å²) in [7, 11) is -9.88. The molecule has 0 aliphatic heterocycles. The van der Waals surface area contributed by atoms with Gasteiger partial charge in [0.15, 0.2) is 12.2 Å². The summed E-state index contributed by atoms with van der Waals surface area (Å²) in [5, 5.41) is 10.5. The molecule has 0 saturated carbocycles. The van der Waals surface area contributed by atoms with Crippen LogP contribution >= 0.6 is 15.6 Å². The van der Waals surface area contributed by atoms with Gasteiger partial charge in [0, 0.05) is 25.7 Å². The number of hydrogen-bond acceptors (Lipinski definition) is 15. The lowest BCUT2D eigenvalue weighted by atomic mass is 10.0. The van der Waals surface area contributed by atoms with Gasteiger partial charge in [-0.1, -0.05) is 291 Å². The zero-order valence-corrected chi connectivity index (χ0v) is 57.2. The van der Waals surface area contributed by atoms with Crippen LogP contribution < -0.4 is 0 Å². The first-order chi connectivity index (χ1) is 41.5. The van der Waals surface area contributed by atoms with Gasteiger partial charge in [0.25, 0.3) is 0 Å². The Morgan fingerprint density at radius 2 is 0.535 bits per heavy atom. The number of ether oxygens (including phenoxy) is 4. The third-order valence-electron chi connectivity index (χ3n) is 15.5. The van der Waals surface area contributed by atoms with Crippen LogP contribution in [0.2, 0.25) is 0 Å². The highest BCUT2D eigenvalue weighted by Crippen LogP contribution is 2.45. The van der Waals surface area contributed by atoms with E-state index in [1.54, 1.807) is 0 Å². The molecule has 0 aliphatic carbocycles. The normalized spacial score (nSPS) is 14.2. The summed E-state index contributed by atoms with van der Waals surface area (Å²) in [4.78, 5) is 72.1. The molecule has 0 heterocycles. The minimum atomic E-state index is -4.95. The molecule has 17 nitrogen and oxygen atoms in total. The number of aliphatic hydroxyl groups is 1. The average Bonchev–Trinajstić information content (AvgIpc) is 3.59. The Balaban J connectivity index is 5.16. The number of hydrogen-bond donors (Lipinski definition) is 3. The standard InChI is InChI=1S/C67H130O17P2/c1-6-9-12-15-17-19-21-24-29-32-36-41-46-51-65(70)78-57-63(84-67(72)53-48-43-38-34-30-26-23-22-25-28-31-35-40-44-49-60(4)5)59-82-86(75,76)80-55-61(68)54-79-85(73,74)81-58-62(56-77-64(69)50-45-39-14-11-8-3)83-66(71)52-47-42-37-33-27-20-18-16-13-10-7-2/h60-63,68H,6-59H2,1-5H3,(H,73,74)(H,75,76)/t61-,62+,63+/m0/s1. The number of carbonyl (C=O) groups is 4. The molecule has 0 aromatic heterocycles. The molecule has 0 bridgehead atoms. The van der Waals surface area contributed by atoms with Gasteiger partial charge in [0.05, 0.1) is 26.4 Å². The fourth-order valence-electron chi connectivity index (χ4n) is 10.1. The summed E-state index contributed by atoms with van der Waals surface area (Å²) in [5.74, 6) is -1.34. The van der Waals surface area contributed by atoms with Crippen molar-refractivity contribution in [1.29, 1.82) is 0 Å². The number of carbonyl (C=O) groups excluding carboxylic acids is 4. The van der Waals surface area contributed by atoms with Gasteiger partial charge in [0.2, 0.25) is 0 Å². The van der Waals surface area contributed by atoms with E-state index in [0.29, 0.717) is 25.7 Å². The van der Waals surface area contributed by atoms with E-state index in [1.807, 2.05) is 0 Å². The quantitative estimate of drug-likeness (QED) is 0.0222. The lowest BCUT2D eigenvalue weighted by Crippen LogP contribution is -2.30. The maximum absolute atomic E-state index is 13.0. The molecule has 0 radical (unpaired) electrons. The van der Waals surface area contributed by atoms with Crippen molar-refractivity contribution < 1.29 is 80.2 Å². The van der Waals surface area contributed by atoms with E-state index in [1.165, 1.54) is 161 Å². The van der Waals surface area contributed by atoms with E-state index in [9.17, 15) is 43.2 Å². The van der Waals surface area contributed by atoms with Gasteiger partial charge in [-0.25, -0.2) is 9.13 Å². The van der Waals surface area contributed by atoms with E-state index in [0.717, 1.165) is 102 Å². The molecule has 0 rings (SSSR count). The van der Waals surface area contributed by atoms with Crippen LogP contribution in [0.1, 0.15) is 343 Å². The summed E-state index contributed by atoms with van der Waals surface area (Å²) >= 11 is 0. The van der Waals surface area contributed by atoms with Crippen molar-refractivity contribution in [3.63, 3.8) is 0 Å². The first kappa shape index (κ1) is 84.1. The Morgan fingerprint density at radius 3 is 0.791 bits per heavy atom. The van der Waals surface area contributed by atoms with Gasteiger partial charge in [0.1, 0.15) is 19.3 Å². The smallest absolute Gasteiger partial charge is 0.462 e. The molecular weight excluding hydrogens is 1140 g/mol. The summed E-state index contributed by atoms with van der Waals surface area (Å²) in [6.07, 6.45) is 46.1. The van der Waals surface area contributed by atoms with E-state index >= 15 is 0 Å². The van der Waals surface area contributed by atoms with Crippen LogP contribution in [0.5, 0.6) is 0 Å². The van der Waals surface area contributed by atoms with Gasteiger partial charge < -0.3 is 33.8 Å². The van der Waals surface area contributed by atoms with Gasteiger partial charge in [-0.15, -0.1) is 0 Å². The molecule has 0 aromatic carbocycles. The topological polar surface area (TPSA) is 237 Å². The lowest BCUT2D eigenvalue weighted by molar-refractivity contribution is -0.161. The highest BCUT2D eigenvalue weighted by molar-refractivity contribution is 7.47. The van der Waals surface area contributed by atoms with Gasteiger partial charge in [-0.3, -0.25) is 37.3 Å². The molecule has 510 valence electrons. The summed E-state index contributed by atoms with van der Waals surface area (Å²) in [6.45, 7) is 7.16. The number of phosphoric acid groups is 2. The molecule has 0 saturated heterocycles. The van der Waals surface area contributed by atoms with Crippen molar-refractivity contribution in [3.8, 4) is 0 Å². The molecule has 0 aliphatic rings. The maximum Gasteiger partial charge on any atom is 0.472 e. The Bertz CT molecular complexity index is 1670. The number of phosphoric ester groups is 2. The minimum Gasteiger partial charge on any atom is -0.462 e. The third kappa shape index (κ3) is 60.9. The Kier molecular flexibility index (Phi) is 59.2. The number of unbranched alkanes of at least 4 members (excludes halogenated alkanes) is 39. The fraction of sp³-hybridized carbons (Fsp3) is 0.940. The summed E-state index contributed by atoms with van der Waals surface area (Å²) in [6, 6.07) is 0. The lowest BCUT2D eigenvalue weighted by Gasteiger charge is -2.21. The largest absolute Gasteiger partial charge is 0.472 e. The molecule has 86 heavy (non-hydrogen) atoms. The van der Waals surface area contributed by atoms with Crippen molar-refractivity contribution in [2.45, 2.75) is 361 Å². The average molecular weight is 1270 g/mol. The van der Waals surface area contributed by atoms with Gasteiger partial charge >= 0.3 is 39.5 Å². The van der Waals surface area contributed by atoms with Crippen molar-refractivity contribution in [2.24, 2.45) is 5.92 Å². The maximum atomic E-state index is 13.0. The van der Waals surface area contributed by atoms with Crippen LogP contribution in [0.25, 0.3) is 0 Å². The zero-order valence-electron chi connectivity index (χ0n) is 55.4. The fourth-order valence-corrected chi connectivity index (χ4v) is 11.7. The summed E-state index contributed by atoms with van der Waals surface area (Å²) in [5.41, 5.74) is 0. The van der Waals surface area contributed by atoms with Crippen LogP contribution in [-0.4, -0.2) is 96.7 Å². The predicted molar refractivity (Wildman–Crippen MR) is 345 cm³/mol. The monoisotopic (exact) mass is 1270 g/mol. The molecule has 19 heteroatoms. The van der Waals surface area contributed by atoms with Gasteiger partial charge in [-0.05, 0) is 31.6 Å². The van der Waals surface area contributed by atoms with E-state index in [4.69, 9.17) is 37.0 Å². The van der Waals surface area contributed by atoms with E-state index in [-0.39, 0.29) is 25.7 Å². The second kappa shape index (κ2) is 60.6. The van der Waals surface area contributed by atoms with Crippen LogP contribution in [0.3, 0.4) is 0 Å². The first-order valence-electron chi connectivity index (χ1n) is 35.1. The Morgan fingerprint density at radius 1 is 0.314 bits per heavy atom. The number of rotatable bonds is 67. The van der Waals surface area contributed by atoms with Crippen molar-refractivity contribution >= 4 is 39.5 Å². The predicted octanol–water partition coefficient (Wildman–Crippen LogP) is 19.0. The number of aliphatic hydroxyl groups excluding tert-OH is 1. The van der Waals surface area contributed by atoms with E-state index in [2.05, 4.69) is 34.6 Å². The van der Waals surface area contributed by atoms with Crippen LogP contribution in [-0.2, 0) is 65.4 Å². The van der Waals surface area contributed by atoms with Crippen molar-refractivity contribution in [1.82, 2.24) is 0 Å². The van der Waals surface area contributed by atoms with E-state index < -0.39 is 97.5 Å². The van der Waals surface area contributed by atoms with Crippen LogP contribution in [0.4, 0.5) is 0 Å².